The molecule has 0 atom stereocenters. The Balaban J connectivity index is 3.02. The molecule has 0 aliphatic heterocycles. The molecule has 0 aliphatic rings. The zero-order valence-electron chi connectivity index (χ0n) is 10.3. The molecular weight excluding hydrogens is 214 g/mol. The summed E-state index contributed by atoms with van der Waals surface area (Å²) < 4.78 is 5.00. The Morgan fingerprint density at radius 1 is 1.41 bits per heavy atom. The second-order valence-corrected chi connectivity index (χ2v) is 3.72. The van der Waals surface area contributed by atoms with Crippen LogP contribution in [0.25, 0.3) is 0 Å². The minimum Gasteiger partial charge on any atom is -0.462 e. The van der Waals surface area contributed by atoms with Crippen LogP contribution in [0.15, 0.2) is 18.2 Å². The maximum absolute atomic E-state index is 11.7. The average Bonchev–Trinajstić information content (AvgIpc) is 2.36. The molecule has 3 heteroatoms. The van der Waals surface area contributed by atoms with Crippen molar-refractivity contribution >= 4 is 5.97 Å². The van der Waals surface area contributed by atoms with Crippen LogP contribution in [0.4, 0.5) is 0 Å². The monoisotopic (exact) mass is 231 g/mol. The van der Waals surface area contributed by atoms with Gasteiger partial charge in [0, 0.05) is 6.42 Å². The lowest BCUT2D eigenvalue weighted by Gasteiger charge is -2.09. The first-order chi connectivity index (χ1) is 8.22. The van der Waals surface area contributed by atoms with Crippen LogP contribution in [0.3, 0.4) is 0 Å². The van der Waals surface area contributed by atoms with E-state index in [1.807, 2.05) is 12.1 Å². The van der Waals surface area contributed by atoms with Crippen molar-refractivity contribution in [1.82, 2.24) is 0 Å². The van der Waals surface area contributed by atoms with E-state index in [-0.39, 0.29) is 5.97 Å². The van der Waals surface area contributed by atoms with E-state index in [2.05, 4.69) is 13.0 Å². The first-order valence-corrected chi connectivity index (χ1v) is 5.88. The fourth-order valence-corrected chi connectivity index (χ4v) is 1.67. The molecular formula is C14H17NO2. The molecule has 0 bridgehead atoms. The van der Waals surface area contributed by atoms with Crippen LogP contribution in [-0.2, 0) is 17.6 Å². The number of nitriles is 1. The van der Waals surface area contributed by atoms with Gasteiger partial charge in [0.15, 0.2) is 0 Å². The molecule has 0 N–H and O–H groups in total. The maximum Gasteiger partial charge on any atom is 0.338 e. The average molecular weight is 231 g/mol. The number of aryl methyl sites for hydroxylation is 2. The van der Waals surface area contributed by atoms with Crippen molar-refractivity contribution in [3.05, 3.63) is 34.9 Å². The normalized spacial score (nSPS) is 9.71. The standard InChI is InChI=1S/C14H17NO2/c1-3-11-7-8-13(14(16)17-4-2)12(10-11)6-5-9-15/h7-8,10H,3-6H2,1-2H3. The molecule has 90 valence electrons. The molecule has 0 saturated heterocycles. The van der Waals surface area contributed by atoms with Gasteiger partial charge in [-0.2, -0.15) is 5.26 Å². The van der Waals surface area contributed by atoms with Gasteiger partial charge in [-0.25, -0.2) is 4.79 Å². The van der Waals surface area contributed by atoms with E-state index in [4.69, 9.17) is 10.00 Å². The fourth-order valence-electron chi connectivity index (χ4n) is 1.67. The summed E-state index contributed by atoms with van der Waals surface area (Å²) in [5.41, 5.74) is 2.66. The number of rotatable bonds is 5. The molecule has 1 rings (SSSR count). The first kappa shape index (κ1) is 13.2. The number of carbonyl (C=O) groups is 1. The third-order valence-corrected chi connectivity index (χ3v) is 2.58. The molecule has 0 aliphatic carbocycles. The molecule has 1 aromatic carbocycles. The van der Waals surface area contributed by atoms with Gasteiger partial charge in [-0.1, -0.05) is 19.1 Å². The van der Waals surface area contributed by atoms with E-state index in [0.29, 0.717) is 25.0 Å². The quantitative estimate of drug-likeness (QED) is 0.732. The number of hydrogen-bond donors (Lipinski definition) is 0. The second kappa shape index (κ2) is 6.70. The molecule has 0 radical (unpaired) electrons. The Kier molecular flexibility index (Phi) is 5.22. The highest BCUT2D eigenvalue weighted by Gasteiger charge is 2.12. The van der Waals surface area contributed by atoms with Crippen LogP contribution >= 0.6 is 0 Å². The van der Waals surface area contributed by atoms with E-state index >= 15 is 0 Å². The highest BCUT2D eigenvalue weighted by atomic mass is 16.5. The zero-order valence-corrected chi connectivity index (χ0v) is 10.3. The lowest BCUT2D eigenvalue weighted by molar-refractivity contribution is 0.0525. The molecule has 3 nitrogen and oxygen atoms in total. The van der Waals surface area contributed by atoms with Crippen molar-refractivity contribution in [2.24, 2.45) is 0 Å². The topological polar surface area (TPSA) is 50.1 Å². The maximum atomic E-state index is 11.7. The van der Waals surface area contributed by atoms with Gasteiger partial charge >= 0.3 is 5.97 Å². The highest BCUT2D eigenvalue weighted by molar-refractivity contribution is 5.91. The molecule has 0 heterocycles. The van der Waals surface area contributed by atoms with Crippen LogP contribution in [0.2, 0.25) is 0 Å². The molecule has 0 amide bonds. The summed E-state index contributed by atoms with van der Waals surface area (Å²) in [6.07, 6.45) is 1.93. The Morgan fingerprint density at radius 3 is 2.76 bits per heavy atom. The van der Waals surface area contributed by atoms with E-state index in [9.17, 15) is 4.79 Å². The number of carbonyl (C=O) groups excluding carboxylic acids is 1. The van der Waals surface area contributed by atoms with Crippen LogP contribution < -0.4 is 0 Å². The van der Waals surface area contributed by atoms with Crippen molar-refractivity contribution in [2.45, 2.75) is 33.1 Å². The second-order valence-electron chi connectivity index (χ2n) is 3.72. The van der Waals surface area contributed by atoms with Crippen LogP contribution in [-0.4, -0.2) is 12.6 Å². The summed E-state index contributed by atoms with van der Waals surface area (Å²) in [6, 6.07) is 7.82. The molecule has 0 fully saturated rings. The Morgan fingerprint density at radius 2 is 2.18 bits per heavy atom. The van der Waals surface area contributed by atoms with Crippen LogP contribution in [0, 0.1) is 11.3 Å². The number of benzene rings is 1. The lowest BCUT2D eigenvalue weighted by atomic mass is 9.99. The molecule has 0 saturated carbocycles. The van der Waals surface area contributed by atoms with Crippen molar-refractivity contribution in [1.29, 1.82) is 5.26 Å². The first-order valence-electron chi connectivity index (χ1n) is 5.88. The number of hydrogen-bond acceptors (Lipinski definition) is 3. The Labute approximate surface area is 102 Å². The van der Waals surface area contributed by atoms with Gasteiger partial charge in [0.1, 0.15) is 0 Å². The van der Waals surface area contributed by atoms with Gasteiger partial charge < -0.3 is 4.74 Å². The van der Waals surface area contributed by atoms with Gasteiger partial charge in [0.05, 0.1) is 18.2 Å². The van der Waals surface area contributed by atoms with Crippen molar-refractivity contribution in [3.63, 3.8) is 0 Å². The Bertz CT molecular complexity index is 432. The highest BCUT2D eigenvalue weighted by Crippen LogP contribution is 2.16. The Hall–Kier alpha value is -1.82. The molecule has 0 spiro atoms. The smallest absolute Gasteiger partial charge is 0.338 e. The summed E-state index contributed by atoms with van der Waals surface area (Å²) in [5, 5.41) is 8.62. The van der Waals surface area contributed by atoms with Crippen LogP contribution in [0.1, 0.15) is 41.8 Å². The van der Waals surface area contributed by atoms with E-state index in [1.165, 1.54) is 5.56 Å². The van der Waals surface area contributed by atoms with Gasteiger partial charge in [0.2, 0.25) is 0 Å². The minimum atomic E-state index is -0.303. The summed E-state index contributed by atoms with van der Waals surface area (Å²) >= 11 is 0. The summed E-state index contributed by atoms with van der Waals surface area (Å²) in [6.45, 7) is 4.22. The van der Waals surface area contributed by atoms with Gasteiger partial charge in [-0.3, -0.25) is 0 Å². The zero-order chi connectivity index (χ0) is 12.7. The third kappa shape index (κ3) is 3.60. The molecule has 17 heavy (non-hydrogen) atoms. The summed E-state index contributed by atoms with van der Waals surface area (Å²) in [4.78, 5) is 11.7. The fraction of sp³-hybridized carbons (Fsp3) is 0.429. The van der Waals surface area contributed by atoms with Crippen molar-refractivity contribution < 1.29 is 9.53 Å². The lowest BCUT2D eigenvalue weighted by Crippen LogP contribution is -2.08. The molecule has 0 aromatic heterocycles. The van der Waals surface area contributed by atoms with E-state index in [0.717, 1.165) is 12.0 Å². The van der Waals surface area contributed by atoms with Gasteiger partial charge in [0.25, 0.3) is 0 Å². The number of ether oxygens (including phenoxy) is 1. The van der Waals surface area contributed by atoms with Crippen molar-refractivity contribution in [3.8, 4) is 6.07 Å². The van der Waals surface area contributed by atoms with E-state index < -0.39 is 0 Å². The van der Waals surface area contributed by atoms with Gasteiger partial charge in [-0.15, -0.1) is 0 Å². The molecule has 0 unspecified atom stereocenters. The summed E-state index contributed by atoms with van der Waals surface area (Å²) in [5.74, 6) is -0.303. The predicted octanol–water partition coefficient (Wildman–Crippen LogP) is 2.88. The number of esters is 1. The summed E-state index contributed by atoms with van der Waals surface area (Å²) in [7, 11) is 0. The van der Waals surface area contributed by atoms with Gasteiger partial charge in [-0.05, 0) is 37.0 Å². The number of nitrogens with zero attached hydrogens (tertiary/aromatic N) is 1. The predicted molar refractivity (Wildman–Crippen MR) is 65.7 cm³/mol. The minimum absolute atomic E-state index is 0.303. The van der Waals surface area contributed by atoms with Crippen molar-refractivity contribution in [2.75, 3.05) is 6.61 Å². The third-order valence-electron chi connectivity index (χ3n) is 2.58. The largest absolute Gasteiger partial charge is 0.462 e. The SMILES string of the molecule is CCOC(=O)c1ccc(CC)cc1CCC#N. The molecule has 1 aromatic rings. The van der Waals surface area contributed by atoms with E-state index in [1.54, 1.807) is 13.0 Å². The van der Waals surface area contributed by atoms with Crippen LogP contribution in [0.5, 0.6) is 0 Å².